The predicted molar refractivity (Wildman–Crippen MR) is 372 cm³/mol. The molecular weight excluding hydrogens is 1210 g/mol. The third-order valence-corrected chi connectivity index (χ3v) is 19.1. The van der Waals surface area contributed by atoms with Gasteiger partial charge in [0.15, 0.2) is 12.2 Å². The second kappa shape index (κ2) is 62.6. The maximum Gasteiger partial charge on any atom is 0.472 e. The van der Waals surface area contributed by atoms with Gasteiger partial charge in [0.05, 0.1) is 26.4 Å². The SMILES string of the molecule is CCC(C)CCCCCCCCCCC(=O)OC[C@H](COP(=O)(O)OCC(O)COP(=O)(O)OC[C@@H](COC(=O)CCCCCCCCCC(C)C)OC(=O)CCCCCCCCCCCCCCCCCCCCC(C)C)OC(=O)CCCCCCCCC(C)C. The summed E-state index contributed by atoms with van der Waals surface area (Å²) in [5.74, 6) is 0.840. The van der Waals surface area contributed by atoms with Crippen molar-refractivity contribution in [1.29, 1.82) is 0 Å². The van der Waals surface area contributed by atoms with E-state index >= 15 is 0 Å². The average Bonchev–Trinajstić information content (AvgIpc) is 1.63. The lowest BCUT2D eigenvalue weighted by atomic mass is 9.99. The summed E-state index contributed by atoms with van der Waals surface area (Å²) in [4.78, 5) is 72.5. The van der Waals surface area contributed by atoms with Crippen LogP contribution in [0, 0.1) is 23.7 Å². The molecule has 0 bridgehead atoms. The third-order valence-electron chi connectivity index (χ3n) is 17.2. The molecule has 0 aliphatic carbocycles. The standard InChI is InChI=1S/C73H142O17P2/c1-9-66(8)52-44-36-27-22-23-28-37-45-53-70(75)83-60-69(90-73(78)56-48-40-32-31-35-43-51-65(6)7)62-88-92(81,82)86-58-67(74)57-85-91(79,80)87-61-68(59-84-71(76)54-46-38-30-24-26-34-42-50-64(4)5)89-72(77)55-47-39-29-21-19-17-15-13-11-10-12-14-16-18-20-25-33-41-49-63(2)3/h63-69,74H,9-62H2,1-8H3,(H,79,80)(H,81,82)/t66?,67?,68-,69-/m1/s1. The van der Waals surface area contributed by atoms with Gasteiger partial charge >= 0.3 is 39.5 Å². The molecule has 0 aliphatic heterocycles. The van der Waals surface area contributed by atoms with E-state index in [4.69, 9.17) is 37.0 Å². The highest BCUT2D eigenvalue weighted by Gasteiger charge is 2.30. The molecular formula is C73H142O17P2. The first-order valence-electron chi connectivity index (χ1n) is 37.7. The fourth-order valence-corrected chi connectivity index (χ4v) is 12.6. The average molecular weight is 1350 g/mol. The van der Waals surface area contributed by atoms with Gasteiger partial charge in [0.25, 0.3) is 0 Å². The van der Waals surface area contributed by atoms with E-state index in [1.807, 2.05) is 0 Å². The first-order chi connectivity index (χ1) is 44.1. The first kappa shape index (κ1) is 90.1. The van der Waals surface area contributed by atoms with Crippen molar-refractivity contribution < 1.29 is 80.2 Å². The first-order valence-corrected chi connectivity index (χ1v) is 40.7. The molecule has 0 aromatic heterocycles. The van der Waals surface area contributed by atoms with Gasteiger partial charge in [-0.1, -0.05) is 312 Å². The molecule has 6 atom stereocenters. The molecule has 0 aromatic rings. The largest absolute Gasteiger partial charge is 0.472 e. The highest BCUT2D eigenvalue weighted by Crippen LogP contribution is 2.45. The fraction of sp³-hybridized carbons (Fsp3) is 0.945. The molecule has 0 saturated carbocycles. The Morgan fingerprint density at radius 2 is 0.522 bits per heavy atom. The molecule has 3 N–H and O–H groups in total. The van der Waals surface area contributed by atoms with Gasteiger partial charge in [-0.15, -0.1) is 0 Å². The van der Waals surface area contributed by atoms with E-state index in [0.717, 1.165) is 108 Å². The number of ether oxygens (including phenoxy) is 4. The van der Waals surface area contributed by atoms with Crippen LogP contribution >= 0.6 is 15.6 Å². The molecule has 0 radical (unpaired) electrons. The second-order valence-corrected chi connectivity index (χ2v) is 30.9. The summed E-state index contributed by atoms with van der Waals surface area (Å²) < 4.78 is 68.3. The van der Waals surface area contributed by atoms with Crippen LogP contribution < -0.4 is 0 Å². The summed E-state index contributed by atoms with van der Waals surface area (Å²) in [5.41, 5.74) is 0. The van der Waals surface area contributed by atoms with Gasteiger partial charge in [-0.2, -0.15) is 0 Å². The topological polar surface area (TPSA) is 237 Å². The summed E-state index contributed by atoms with van der Waals surface area (Å²) in [6, 6.07) is 0. The van der Waals surface area contributed by atoms with E-state index in [0.29, 0.717) is 37.5 Å². The molecule has 19 heteroatoms. The predicted octanol–water partition coefficient (Wildman–Crippen LogP) is 20.9. The van der Waals surface area contributed by atoms with Crippen molar-refractivity contribution in [2.75, 3.05) is 39.6 Å². The van der Waals surface area contributed by atoms with Crippen LogP contribution in [0.3, 0.4) is 0 Å². The van der Waals surface area contributed by atoms with Crippen molar-refractivity contribution in [1.82, 2.24) is 0 Å². The van der Waals surface area contributed by atoms with Crippen LogP contribution in [0.2, 0.25) is 0 Å². The van der Waals surface area contributed by atoms with Crippen LogP contribution in [0.25, 0.3) is 0 Å². The van der Waals surface area contributed by atoms with E-state index < -0.39 is 97.5 Å². The highest BCUT2D eigenvalue weighted by molar-refractivity contribution is 7.47. The minimum absolute atomic E-state index is 0.101. The van der Waals surface area contributed by atoms with Gasteiger partial charge in [-0.05, 0) is 49.4 Å². The Hall–Kier alpha value is -1.94. The van der Waals surface area contributed by atoms with Gasteiger partial charge in [-0.25, -0.2) is 9.13 Å². The normalized spacial score (nSPS) is 14.5. The molecule has 0 rings (SSSR count). The number of phosphoric acid groups is 2. The van der Waals surface area contributed by atoms with Crippen LogP contribution in [0.5, 0.6) is 0 Å². The highest BCUT2D eigenvalue weighted by atomic mass is 31.2. The number of unbranched alkanes of at least 4 members (excludes halogenated alkanes) is 35. The van der Waals surface area contributed by atoms with Gasteiger partial charge < -0.3 is 33.8 Å². The number of aliphatic hydroxyl groups is 1. The van der Waals surface area contributed by atoms with Crippen molar-refractivity contribution >= 4 is 39.5 Å². The zero-order chi connectivity index (χ0) is 68.2. The van der Waals surface area contributed by atoms with Crippen LogP contribution in [-0.4, -0.2) is 96.7 Å². The molecule has 0 saturated heterocycles. The summed E-state index contributed by atoms with van der Waals surface area (Å²) in [6.07, 6.45) is 46.2. The maximum absolute atomic E-state index is 13.0. The van der Waals surface area contributed by atoms with E-state index in [9.17, 15) is 43.2 Å². The van der Waals surface area contributed by atoms with Crippen molar-refractivity contribution in [3.8, 4) is 0 Å². The molecule has 0 aromatic carbocycles. The summed E-state index contributed by atoms with van der Waals surface area (Å²) in [5, 5.41) is 10.6. The Labute approximate surface area is 562 Å². The molecule has 0 aliphatic rings. The number of phosphoric ester groups is 2. The molecule has 17 nitrogen and oxygen atoms in total. The van der Waals surface area contributed by atoms with Crippen molar-refractivity contribution in [3.05, 3.63) is 0 Å². The van der Waals surface area contributed by atoms with E-state index in [1.54, 1.807) is 0 Å². The number of rotatable bonds is 70. The van der Waals surface area contributed by atoms with Crippen molar-refractivity contribution in [2.24, 2.45) is 23.7 Å². The van der Waals surface area contributed by atoms with Crippen LogP contribution in [-0.2, 0) is 65.4 Å². The summed E-state index contributed by atoms with van der Waals surface area (Å²) >= 11 is 0. The Morgan fingerprint density at radius 3 is 0.772 bits per heavy atom. The van der Waals surface area contributed by atoms with E-state index in [-0.39, 0.29) is 25.7 Å². The number of hydrogen-bond acceptors (Lipinski definition) is 15. The lowest BCUT2D eigenvalue weighted by Crippen LogP contribution is -2.30. The number of carbonyl (C=O) groups is 4. The van der Waals surface area contributed by atoms with Crippen molar-refractivity contribution in [2.45, 2.75) is 382 Å². The third kappa shape index (κ3) is 65.4. The van der Waals surface area contributed by atoms with Crippen LogP contribution in [0.15, 0.2) is 0 Å². The number of aliphatic hydroxyl groups excluding tert-OH is 1. The van der Waals surface area contributed by atoms with Gasteiger partial charge in [0.1, 0.15) is 19.3 Å². The molecule has 92 heavy (non-hydrogen) atoms. The second-order valence-electron chi connectivity index (χ2n) is 28.0. The zero-order valence-electron chi connectivity index (χ0n) is 60.2. The number of carbonyl (C=O) groups excluding carboxylic acids is 4. The van der Waals surface area contributed by atoms with Crippen molar-refractivity contribution in [3.63, 3.8) is 0 Å². The minimum Gasteiger partial charge on any atom is -0.462 e. The molecule has 0 fully saturated rings. The Kier molecular flexibility index (Phi) is 61.3. The Morgan fingerprint density at radius 1 is 0.304 bits per heavy atom. The maximum atomic E-state index is 13.0. The lowest BCUT2D eigenvalue weighted by molar-refractivity contribution is -0.161. The monoisotopic (exact) mass is 1350 g/mol. The van der Waals surface area contributed by atoms with Crippen LogP contribution in [0.1, 0.15) is 364 Å². The van der Waals surface area contributed by atoms with Gasteiger partial charge in [0.2, 0.25) is 0 Å². The van der Waals surface area contributed by atoms with Gasteiger partial charge in [-0.3, -0.25) is 37.3 Å². The van der Waals surface area contributed by atoms with Gasteiger partial charge in [0, 0.05) is 25.7 Å². The zero-order valence-corrected chi connectivity index (χ0v) is 62.0. The number of esters is 4. The summed E-state index contributed by atoms with van der Waals surface area (Å²) in [6.45, 7) is 14.1. The van der Waals surface area contributed by atoms with E-state index in [2.05, 4.69) is 55.4 Å². The molecule has 546 valence electrons. The van der Waals surface area contributed by atoms with Crippen LogP contribution in [0.4, 0.5) is 0 Å². The molecule has 0 spiro atoms. The lowest BCUT2D eigenvalue weighted by Gasteiger charge is -2.21. The molecule has 0 amide bonds. The summed E-state index contributed by atoms with van der Waals surface area (Å²) in [7, 11) is -9.90. The molecule has 4 unspecified atom stereocenters. The minimum atomic E-state index is -4.95. The Balaban J connectivity index is 5.16. The fourth-order valence-electron chi connectivity index (χ4n) is 11.0. The smallest absolute Gasteiger partial charge is 0.462 e. The Bertz CT molecular complexity index is 1820. The molecule has 0 heterocycles. The quantitative estimate of drug-likeness (QED) is 0.0222. The van der Waals surface area contributed by atoms with E-state index in [1.165, 1.54) is 161 Å². The number of hydrogen-bond donors (Lipinski definition) is 3.